The van der Waals surface area contributed by atoms with Gasteiger partial charge in [0.2, 0.25) is 0 Å². The van der Waals surface area contributed by atoms with Crippen molar-refractivity contribution < 1.29 is 9.53 Å². The van der Waals surface area contributed by atoms with Crippen molar-refractivity contribution in [1.82, 2.24) is 20.0 Å². The number of fused-ring (bicyclic) bond motifs is 1. The summed E-state index contributed by atoms with van der Waals surface area (Å²) in [6.07, 6.45) is 8.04. The molecule has 6 nitrogen and oxygen atoms in total. The number of aromatic nitrogens is 2. The van der Waals surface area contributed by atoms with Gasteiger partial charge >= 0.3 is 0 Å². The quantitative estimate of drug-likeness (QED) is 0.863. The van der Waals surface area contributed by atoms with Crippen LogP contribution < -0.4 is 10.1 Å². The average molecular weight is 383 g/mol. The monoisotopic (exact) mass is 382 g/mol. The number of ether oxygens (including phenoxy) is 1. The van der Waals surface area contributed by atoms with Crippen molar-refractivity contribution >= 4 is 5.91 Å². The Bertz CT molecular complexity index is 812. The van der Waals surface area contributed by atoms with E-state index in [9.17, 15) is 4.79 Å². The molecule has 1 N–H and O–H groups in total. The Morgan fingerprint density at radius 3 is 2.75 bits per heavy atom. The molecule has 4 rings (SSSR count). The molecule has 2 fully saturated rings. The summed E-state index contributed by atoms with van der Waals surface area (Å²) in [7, 11) is 1.65. The number of amides is 1. The molecule has 1 amide bonds. The number of benzene rings is 1. The van der Waals surface area contributed by atoms with Crippen molar-refractivity contribution in [2.45, 2.75) is 45.1 Å². The molecule has 28 heavy (non-hydrogen) atoms. The molecular weight excluding hydrogens is 352 g/mol. The number of nitrogens with zero attached hydrogens (tertiary/aromatic N) is 3. The van der Waals surface area contributed by atoms with E-state index in [1.54, 1.807) is 18.0 Å². The molecule has 3 heterocycles. The minimum atomic E-state index is -0.0230. The molecule has 0 radical (unpaired) electrons. The predicted molar refractivity (Wildman–Crippen MR) is 109 cm³/mol. The maximum absolute atomic E-state index is 12.8. The van der Waals surface area contributed by atoms with E-state index >= 15 is 0 Å². The molecule has 0 spiro atoms. The van der Waals surface area contributed by atoms with Crippen LogP contribution >= 0.6 is 0 Å². The number of methoxy groups -OCH3 is 1. The Kier molecular flexibility index (Phi) is 5.67. The smallest absolute Gasteiger partial charge is 0.254 e. The molecule has 1 aromatic carbocycles. The van der Waals surface area contributed by atoms with Crippen molar-refractivity contribution in [1.29, 1.82) is 0 Å². The lowest BCUT2D eigenvalue weighted by Crippen LogP contribution is -2.51. The van der Waals surface area contributed by atoms with Crippen LogP contribution in [0.4, 0.5) is 0 Å². The van der Waals surface area contributed by atoms with Gasteiger partial charge in [-0.3, -0.25) is 4.79 Å². The number of hydrogen-bond acceptors (Lipinski definition) is 4. The van der Waals surface area contributed by atoms with Gasteiger partial charge in [0.15, 0.2) is 0 Å². The van der Waals surface area contributed by atoms with Gasteiger partial charge in [-0.2, -0.15) is 5.10 Å². The van der Waals surface area contributed by atoms with Crippen LogP contribution in [0, 0.1) is 12.8 Å². The molecule has 2 aliphatic heterocycles. The van der Waals surface area contributed by atoms with Crippen molar-refractivity contribution in [2.24, 2.45) is 5.92 Å². The molecule has 2 saturated heterocycles. The summed E-state index contributed by atoms with van der Waals surface area (Å²) >= 11 is 0. The van der Waals surface area contributed by atoms with Gasteiger partial charge in [-0.1, -0.05) is 6.42 Å². The third-order valence-electron chi connectivity index (χ3n) is 6.32. The maximum Gasteiger partial charge on any atom is 0.254 e. The second-order valence-electron chi connectivity index (χ2n) is 7.96. The summed E-state index contributed by atoms with van der Waals surface area (Å²) in [5, 5.41) is 7.62. The molecule has 2 aromatic rings. The van der Waals surface area contributed by atoms with E-state index in [2.05, 4.69) is 15.3 Å². The summed E-state index contributed by atoms with van der Waals surface area (Å²) in [5.74, 6) is 1.34. The zero-order valence-corrected chi connectivity index (χ0v) is 16.9. The Hall–Kier alpha value is -2.34. The molecule has 6 heteroatoms. The molecule has 1 aromatic heterocycles. The van der Waals surface area contributed by atoms with E-state index in [0.717, 1.165) is 23.7 Å². The summed E-state index contributed by atoms with van der Waals surface area (Å²) in [5.41, 5.74) is 2.42. The number of carbonyl (C=O) groups is 1. The zero-order chi connectivity index (χ0) is 19.5. The van der Waals surface area contributed by atoms with Gasteiger partial charge in [0.25, 0.3) is 5.91 Å². The lowest BCUT2D eigenvalue weighted by Gasteiger charge is -2.44. The Morgan fingerprint density at radius 2 is 1.96 bits per heavy atom. The highest BCUT2D eigenvalue weighted by Crippen LogP contribution is 2.30. The first-order chi connectivity index (χ1) is 13.7. The summed E-state index contributed by atoms with van der Waals surface area (Å²) in [6.45, 7) is 5.15. The number of carbonyl (C=O) groups excluding carboxylic acids is 1. The summed E-state index contributed by atoms with van der Waals surface area (Å²) in [4.78, 5) is 15.5. The highest BCUT2D eigenvalue weighted by Gasteiger charge is 2.33. The highest BCUT2D eigenvalue weighted by molar-refractivity contribution is 5.95. The van der Waals surface area contributed by atoms with Gasteiger partial charge in [0, 0.05) is 12.6 Å². The van der Waals surface area contributed by atoms with Crippen molar-refractivity contribution in [2.75, 3.05) is 26.7 Å². The van der Waals surface area contributed by atoms with Crippen molar-refractivity contribution in [3.63, 3.8) is 0 Å². The Labute approximate surface area is 166 Å². The van der Waals surface area contributed by atoms with Crippen LogP contribution in [0.5, 0.6) is 5.75 Å². The zero-order valence-electron chi connectivity index (χ0n) is 16.9. The van der Waals surface area contributed by atoms with E-state index in [1.807, 2.05) is 31.2 Å². The lowest BCUT2D eigenvalue weighted by atomic mass is 9.83. The van der Waals surface area contributed by atoms with Crippen LogP contribution in [-0.2, 0) is 0 Å². The maximum atomic E-state index is 12.8. The van der Waals surface area contributed by atoms with E-state index in [4.69, 9.17) is 4.74 Å². The Morgan fingerprint density at radius 1 is 1.18 bits per heavy atom. The van der Waals surface area contributed by atoms with Gasteiger partial charge in [-0.15, -0.1) is 0 Å². The summed E-state index contributed by atoms with van der Waals surface area (Å²) < 4.78 is 7.01. The fourth-order valence-corrected chi connectivity index (χ4v) is 4.75. The predicted octanol–water partition coefficient (Wildman–Crippen LogP) is 3.18. The fraction of sp³-hybridized carbons (Fsp3) is 0.545. The molecule has 0 bridgehead atoms. The van der Waals surface area contributed by atoms with E-state index in [0.29, 0.717) is 17.5 Å². The van der Waals surface area contributed by atoms with Gasteiger partial charge in [-0.05, 0) is 75.9 Å². The first-order valence-corrected chi connectivity index (χ1v) is 10.4. The van der Waals surface area contributed by atoms with Gasteiger partial charge in [-0.25, -0.2) is 4.68 Å². The number of rotatable bonds is 5. The average Bonchev–Trinajstić information content (AvgIpc) is 3.13. The topological polar surface area (TPSA) is 59.4 Å². The van der Waals surface area contributed by atoms with Crippen LogP contribution in [0.3, 0.4) is 0 Å². The third kappa shape index (κ3) is 3.78. The first kappa shape index (κ1) is 19.0. The third-order valence-corrected chi connectivity index (χ3v) is 6.32. The second kappa shape index (κ2) is 8.35. The molecule has 0 unspecified atom stereocenters. The minimum absolute atomic E-state index is 0.0230. The van der Waals surface area contributed by atoms with Gasteiger partial charge < -0.3 is 15.0 Å². The van der Waals surface area contributed by atoms with Crippen LogP contribution in [0.2, 0.25) is 0 Å². The van der Waals surface area contributed by atoms with E-state index < -0.39 is 0 Å². The lowest BCUT2D eigenvalue weighted by molar-refractivity contribution is 0.0575. The van der Waals surface area contributed by atoms with Crippen molar-refractivity contribution in [3.05, 3.63) is 41.7 Å². The fourth-order valence-electron chi connectivity index (χ4n) is 4.75. The van der Waals surface area contributed by atoms with Crippen LogP contribution in [0.1, 0.15) is 48.2 Å². The standard InChI is InChI=1S/C22H30N4O2/c1-16-20(15-24-26(16)18-8-10-19(28-2)11-9-18)22(27)23-14-17-6-5-13-25-12-4-3-7-21(17)25/h8-11,15,17,21H,3-7,12-14H2,1-2H3,(H,23,27)/t17-,21+/m0/s1. The molecule has 0 saturated carbocycles. The molecule has 150 valence electrons. The SMILES string of the molecule is COc1ccc(-n2ncc(C(=O)NC[C@@H]3CCCN4CCCC[C@H]34)c2C)cc1. The van der Waals surface area contributed by atoms with E-state index in [1.165, 1.54) is 45.2 Å². The minimum Gasteiger partial charge on any atom is -0.497 e. The molecule has 2 atom stereocenters. The molecule has 2 aliphatic rings. The largest absolute Gasteiger partial charge is 0.497 e. The van der Waals surface area contributed by atoms with Crippen LogP contribution in [0.25, 0.3) is 5.69 Å². The summed E-state index contributed by atoms with van der Waals surface area (Å²) in [6, 6.07) is 8.33. The van der Waals surface area contributed by atoms with Gasteiger partial charge in [0.1, 0.15) is 5.75 Å². The van der Waals surface area contributed by atoms with Crippen LogP contribution in [-0.4, -0.2) is 53.4 Å². The highest BCUT2D eigenvalue weighted by atomic mass is 16.5. The van der Waals surface area contributed by atoms with Crippen LogP contribution in [0.15, 0.2) is 30.5 Å². The number of piperidine rings is 2. The second-order valence-corrected chi connectivity index (χ2v) is 7.96. The first-order valence-electron chi connectivity index (χ1n) is 10.4. The number of hydrogen-bond donors (Lipinski definition) is 1. The van der Waals surface area contributed by atoms with Gasteiger partial charge in [0.05, 0.1) is 30.3 Å². The molecular formula is C22H30N4O2. The molecule has 0 aliphatic carbocycles. The Balaban J connectivity index is 1.41. The number of nitrogens with one attached hydrogen (secondary N) is 1. The van der Waals surface area contributed by atoms with E-state index in [-0.39, 0.29) is 5.91 Å². The normalized spacial score (nSPS) is 22.5. The van der Waals surface area contributed by atoms with Crippen molar-refractivity contribution in [3.8, 4) is 11.4 Å².